The van der Waals surface area contributed by atoms with Gasteiger partial charge in [0, 0.05) is 23.2 Å². The van der Waals surface area contributed by atoms with Crippen LogP contribution in [0, 0.1) is 0 Å². The zero-order chi connectivity index (χ0) is 12.6. The van der Waals surface area contributed by atoms with E-state index in [1.54, 1.807) is 24.1 Å². The highest BCUT2D eigenvalue weighted by Crippen LogP contribution is 2.37. The number of allylic oxidation sites excluding steroid dienone is 2. The van der Waals surface area contributed by atoms with E-state index in [0.717, 1.165) is 10.6 Å². The minimum atomic E-state index is -1.25. The molecule has 84 valence electrons. The first-order valence-corrected chi connectivity index (χ1v) is 5.98. The molecule has 16 heavy (non-hydrogen) atoms. The molecule has 0 amide bonds. The maximum absolute atomic E-state index is 12.4. The summed E-state index contributed by atoms with van der Waals surface area (Å²) in [5, 5.41) is -1.25. The number of benzene rings is 1. The van der Waals surface area contributed by atoms with Crippen LogP contribution in [0.3, 0.4) is 0 Å². The van der Waals surface area contributed by atoms with E-state index >= 15 is 0 Å². The van der Waals surface area contributed by atoms with Gasteiger partial charge in [0.2, 0.25) is 0 Å². The Morgan fingerprint density at radius 3 is 2.50 bits per heavy atom. The molecule has 1 aromatic carbocycles. The van der Waals surface area contributed by atoms with Crippen LogP contribution in [0.15, 0.2) is 40.9 Å². The zero-order valence-electron chi connectivity index (χ0n) is 10.7. The Morgan fingerprint density at radius 2 is 2.00 bits per heavy atom. The van der Waals surface area contributed by atoms with Gasteiger partial charge in [-0.05, 0) is 13.8 Å². The van der Waals surface area contributed by atoms with Gasteiger partial charge >= 0.3 is 0 Å². The Labute approximate surface area is 102 Å². The third-order valence-corrected chi connectivity index (χ3v) is 4.05. The Morgan fingerprint density at radius 1 is 1.38 bits per heavy atom. The molecule has 1 aliphatic heterocycles. The highest BCUT2D eigenvalue weighted by atomic mass is 32.2. The fourth-order valence-electron chi connectivity index (χ4n) is 1.59. The fourth-order valence-corrected chi connectivity index (χ4v) is 2.65. The van der Waals surface area contributed by atoms with E-state index in [0.29, 0.717) is 5.56 Å². The monoisotopic (exact) mass is 235 g/mol. The number of ketones is 1. The number of likely N-dealkylation sites (N-methyl/N-ethyl adjacent to an activating group) is 1. The quantitative estimate of drug-likeness (QED) is 0.580. The van der Waals surface area contributed by atoms with Crippen LogP contribution < -0.4 is 0 Å². The third-order valence-electron chi connectivity index (χ3n) is 2.80. The highest BCUT2D eigenvalue weighted by Gasteiger charge is 2.31. The summed E-state index contributed by atoms with van der Waals surface area (Å²) in [4.78, 5) is 15.2. The molecule has 2 nitrogen and oxygen atoms in total. The number of Topliss-reactive ketones (excluding diaryl/α,β-unsaturated/α-hetero) is 1. The molecule has 3 heteroatoms. The van der Waals surface area contributed by atoms with E-state index in [1.807, 2.05) is 32.0 Å². The maximum atomic E-state index is 12.4. The van der Waals surface area contributed by atoms with Crippen LogP contribution in [-0.2, 0) is 0 Å². The van der Waals surface area contributed by atoms with Crippen LogP contribution >= 0.6 is 11.8 Å². The van der Waals surface area contributed by atoms with E-state index in [4.69, 9.17) is 1.37 Å². The summed E-state index contributed by atoms with van der Waals surface area (Å²) in [7, 11) is 1.80. The second kappa shape index (κ2) is 4.34. The van der Waals surface area contributed by atoms with Crippen molar-refractivity contribution in [3.63, 3.8) is 0 Å². The molecule has 0 bridgehead atoms. The maximum Gasteiger partial charge on any atom is 0.195 e. The number of nitrogens with zero attached hydrogens (tertiary/aromatic N) is 1. The molecule has 1 aromatic rings. The lowest BCUT2D eigenvalue weighted by Gasteiger charge is -2.21. The third kappa shape index (κ3) is 1.87. The van der Waals surface area contributed by atoms with Crippen LogP contribution in [0.5, 0.6) is 0 Å². The summed E-state index contributed by atoms with van der Waals surface area (Å²) in [5.74, 6) is -0.165. The lowest BCUT2D eigenvalue weighted by atomic mass is 10.2. The molecular weight excluding hydrogens is 219 g/mol. The summed E-state index contributed by atoms with van der Waals surface area (Å²) < 4.78 is 8.39. The van der Waals surface area contributed by atoms with Gasteiger partial charge in [0.15, 0.2) is 5.78 Å². The van der Waals surface area contributed by atoms with Gasteiger partial charge < -0.3 is 4.90 Å². The Kier molecular flexibility index (Phi) is 2.70. The van der Waals surface area contributed by atoms with Crippen molar-refractivity contribution >= 4 is 17.5 Å². The van der Waals surface area contributed by atoms with Crippen molar-refractivity contribution in [3.8, 4) is 0 Å². The molecule has 1 aliphatic rings. The molecule has 0 aliphatic carbocycles. The van der Waals surface area contributed by atoms with Crippen LogP contribution in [0.4, 0.5) is 0 Å². The number of carbonyl (C=O) groups excluding carboxylic acids is 1. The number of rotatable bonds is 2. The molecule has 0 spiro atoms. The first-order chi connectivity index (χ1) is 7.97. The van der Waals surface area contributed by atoms with Crippen LogP contribution in [0.1, 0.15) is 25.6 Å². The molecule has 0 fully saturated rings. The van der Waals surface area contributed by atoms with Crippen molar-refractivity contribution in [1.29, 1.82) is 0 Å². The van der Waals surface area contributed by atoms with E-state index < -0.39 is 5.35 Å². The summed E-state index contributed by atoms with van der Waals surface area (Å²) in [5.41, 5.74) is 1.58. The topological polar surface area (TPSA) is 20.3 Å². The van der Waals surface area contributed by atoms with E-state index in [-0.39, 0.29) is 5.78 Å². The average molecular weight is 235 g/mol. The molecule has 0 radical (unpaired) electrons. The van der Waals surface area contributed by atoms with Crippen molar-refractivity contribution in [2.24, 2.45) is 0 Å². The van der Waals surface area contributed by atoms with Crippen molar-refractivity contribution in [3.05, 3.63) is 46.5 Å². The SMILES string of the molecule is [2H][13C]1(C(=O)c2ccccc2)SC(C)=C(C)N1C. The van der Waals surface area contributed by atoms with E-state index in [9.17, 15) is 4.79 Å². The predicted octanol–water partition coefficient (Wildman–Crippen LogP) is 3.13. The largest absolute Gasteiger partial charge is 0.359 e. The normalized spacial score (nSPS) is 25.9. The van der Waals surface area contributed by atoms with Crippen molar-refractivity contribution in [1.82, 2.24) is 4.90 Å². The Balaban J connectivity index is 2.34. The lowest BCUT2D eigenvalue weighted by molar-refractivity contribution is 0.0943. The van der Waals surface area contributed by atoms with Gasteiger partial charge in [-0.2, -0.15) is 0 Å². The minimum Gasteiger partial charge on any atom is -0.359 e. The van der Waals surface area contributed by atoms with Gasteiger partial charge in [0.25, 0.3) is 0 Å². The summed E-state index contributed by atoms with van der Waals surface area (Å²) >= 11 is 1.31. The van der Waals surface area contributed by atoms with E-state index in [1.165, 1.54) is 11.8 Å². The number of carbonyl (C=O) groups is 1. The molecular formula is C13H15NOS. The summed E-state index contributed by atoms with van der Waals surface area (Å²) in [6.45, 7) is 3.89. The smallest absolute Gasteiger partial charge is 0.195 e. The summed E-state index contributed by atoms with van der Waals surface area (Å²) in [6.07, 6.45) is 0. The molecule has 1 heterocycles. The molecule has 2 rings (SSSR count). The molecule has 0 aromatic heterocycles. The van der Waals surface area contributed by atoms with Gasteiger partial charge in [-0.1, -0.05) is 42.1 Å². The van der Waals surface area contributed by atoms with Crippen LogP contribution in [0.2, 0.25) is 0 Å². The van der Waals surface area contributed by atoms with Gasteiger partial charge in [-0.3, -0.25) is 4.79 Å². The minimum absolute atomic E-state index is 0.165. The predicted molar refractivity (Wildman–Crippen MR) is 68.3 cm³/mol. The Hall–Kier alpha value is -1.22. The Bertz CT molecular complexity index is 485. The molecule has 0 saturated carbocycles. The van der Waals surface area contributed by atoms with E-state index in [2.05, 4.69) is 0 Å². The molecule has 0 saturated heterocycles. The highest BCUT2D eigenvalue weighted by molar-refractivity contribution is 8.04. The van der Waals surface area contributed by atoms with Crippen molar-refractivity contribution in [2.75, 3.05) is 7.05 Å². The first kappa shape index (κ1) is 9.97. The number of thioether (sulfide) groups is 1. The second-order valence-corrected chi connectivity index (χ2v) is 5.01. The molecule has 0 N–H and O–H groups in total. The molecule has 1 unspecified atom stereocenters. The first-order valence-electron chi connectivity index (χ1n) is 5.67. The van der Waals surface area contributed by atoms with Gasteiger partial charge in [-0.25, -0.2) is 0 Å². The number of hydrogen-bond acceptors (Lipinski definition) is 3. The van der Waals surface area contributed by atoms with Gasteiger partial charge in [-0.15, -0.1) is 0 Å². The summed E-state index contributed by atoms with van der Waals surface area (Å²) in [6, 6.07) is 9.03. The van der Waals surface area contributed by atoms with Gasteiger partial charge in [0.05, 0.1) is 1.37 Å². The van der Waals surface area contributed by atoms with Crippen LogP contribution in [-0.4, -0.2) is 23.1 Å². The fraction of sp³-hybridized carbons (Fsp3) is 0.308. The van der Waals surface area contributed by atoms with Crippen LogP contribution in [0.25, 0.3) is 0 Å². The van der Waals surface area contributed by atoms with Crippen molar-refractivity contribution < 1.29 is 6.17 Å². The molecule has 1 atom stereocenters. The number of hydrogen-bond donors (Lipinski definition) is 0. The standard InChI is InChI=1S/C13H15NOS/c1-9-10(2)16-13(14(9)3)12(15)11-7-5-4-6-8-11/h4-8,13H,1-3H3/i13+1D. The lowest BCUT2D eigenvalue weighted by Crippen LogP contribution is -2.31. The zero-order valence-corrected chi connectivity index (χ0v) is 10.5. The van der Waals surface area contributed by atoms with Gasteiger partial charge in [0.1, 0.15) is 5.35 Å². The second-order valence-electron chi connectivity index (χ2n) is 3.80. The average Bonchev–Trinajstić information content (AvgIpc) is 2.55. The van der Waals surface area contributed by atoms with Crippen molar-refractivity contribution in [2.45, 2.75) is 19.2 Å².